The van der Waals surface area contributed by atoms with Crippen LogP contribution in [-0.4, -0.2) is 17.6 Å². The maximum Gasteiger partial charge on any atom is 0.315 e. The van der Waals surface area contributed by atoms with E-state index >= 15 is 0 Å². The molecule has 1 heterocycles. The standard InChI is InChI=1S/C11H18N2O/c1-10(2)6-4-7(10)11(3)8(5-6)12-9(14)13-11/h6-8H,4-5H2,1-3H3,(H2,12,13,14). The highest BCUT2D eigenvalue weighted by atomic mass is 16.2. The molecule has 3 saturated carbocycles. The molecular formula is C11H18N2O. The van der Waals surface area contributed by atoms with E-state index in [1.165, 1.54) is 6.42 Å². The molecule has 3 nitrogen and oxygen atoms in total. The Morgan fingerprint density at radius 3 is 2.64 bits per heavy atom. The second-order valence-corrected chi connectivity index (χ2v) is 5.98. The summed E-state index contributed by atoms with van der Waals surface area (Å²) < 4.78 is 0. The lowest BCUT2D eigenvalue weighted by Gasteiger charge is -2.64. The molecule has 1 aliphatic heterocycles. The summed E-state index contributed by atoms with van der Waals surface area (Å²) in [6.45, 7) is 6.90. The number of carbonyl (C=O) groups is 1. The average Bonchev–Trinajstić information content (AvgIpc) is 2.37. The lowest BCUT2D eigenvalue weighted by atomic mass is 9.42. The second kappa shape index (κ2) is 2.10. The first-order chi connectivity index (χ1) is 6.44. The van der Waals surface area contributed by atoms with E-state index in [0.717, 1.165) is 12.3 Å². The summed E-state index contributed by atoms with van der Waals surface area (Å²) in [7, 11) is 0. The van der Waals surface area contributed by atoms with Gasteiger partial charge in [-0.2, -0.15) is 0 Å². The van der Waals surface area contributed by atoms with Crippen molar-refractivity contribution >= 4 is 6.03 Å². The predicted octanol–water partition coefficient (Wildman–Crippen LogP) is 1.49. The van der Waals surface area contributed by atoms with E-state index in [-0.39, 0.29) is 11.6 Å². The zero-order valence-corrected chi connectivity index (χ0v) is 9.05. The Labute approximate surface area is 84.6 Å². The normalized spacial score (nSPS) is 52.8. The van der Waals surface area contributed by atoms with E-state index in [0.29, 0.717) is 17.4 Å². The molecule has 4 rings (SSSR count). The number of amides is 2. The largest absolute Gasteiger partial charge is 0.333 e. The van der Waals surface area contributed by atoms with Crippen molar-refractivity contribution in [2.24, 2.45) is 17.3 Å². The van der Waals surface area contributed by atoms with Gasteiger partial charge in [0, 0.05) is 0 Å². The van der Waals surface area contributed by atoms with Crippen LogP contribution in [0.5, 0.6) is 0 Å². The molecule has 0 radical (unpaired) electrons. The van der Waals surface area contributed by atoms with Gasteiger partial charge in [-0.15, -0.1) is 0 Å². The molecule has 3 aliphatic carbocycles. The van der Waals surface area contributed by atoms with E-state index in [9.17, 15) is 4.79 Å². The van der Waals surface area contributed by atoms with Crippen molar-refractivity contribution in [1.82, 2.24) is 10.6 Å². The van der Waals surface area contributed by atoms with Crippen molar-refractivity contribution in [3.63, 3.8) is 0 Å². The third kappa shape index (κ3) is 0.733. The Kier molecular flexibility index (Phi) is 1.28. The van der Waals surface area contributed by atoms with E-state index in [4.69, 9.17) is 0 Å². The molecule has 4 fully saturated rings. The van der Waals surface area contributed by atoms with Crippen LogP contribution in [0.1, 0.15) is 33.6 Å². The first-order valence-corrected chi connectivity index (χ1v) is 5.53. The Bertz CT molecular complexity index is 312. The van der Waals surface area contributed by atoms with Gasteiger partial charge in [0.2, 0.25) is 0 Å². The number of urea groups is 1. The molecule has 2 amide bonds. The molecular weight excluding hydrogens is 176 g/mol. The first kappa shape index (κ1) is 8.57. The fourth-order valence-electron chi connectivity index (χ4n) is 4.03. The van der Waals surface area contributed by atoms with Crippen LogP contribution in [0.15, 0.2) is 0 Å². The van der Waals surface area contributed by atoms with E-state index in [1.807, 2.05) is 0 Å². The molecule has 0 aromatic carbocycles. The zero-order chi connectivity index (χ0) is 10.1. The molecule has 0 spiro atoms. The number of carbonyl (C=O) groups excluding carboxylic acids is 1. The molecule has 0 aromatic heterocycles. The van der Waals surface area contributed by atoms with Gasteiger partial charge < -0.3 is 10.6 Å². The summed E-state index contributed by atoms with van der Waals surface area (Å²) >= 11 is 0. The molecule has 0 aromatic rings. The maximum absolute atomic E-state index is 11.4. The topological polar surface area (TPSA) is 41.1 Å². The number of hydrogen-bond donors (Lipinski definition) is 2. The quantitative estimate of drug-likeness (QED) is 0.602. The third-order valence-corrected chi connectivity index (χ3v) is 5.13. The van der Waals surface area contributed by atoms with Gasteiger partial charge >= 0.3 is 6.03 Å². The number of hydrogen-bond acceptors (Lipinski definition) is 1. The third-order valence-electron chi connectivity index (χ3n) is 5.13. The highest BCUT2D eigenvalue weighted by molar-refractivity contribution is 5.78. The van der Waals surface area contributed by atoms with Crippen LogP contribution in [0.4, 0.5) is 4.79 Å². The van der Waals surface area contributed by atoms with Crippen LogP contribution in [-0.2, 0) is 0 Å². The van der Waals surface area contributed by atoms with E-state index in [2.05, 4.69) is 31.4 Å². The summed E-state index contributed by atoms with van der Waals surface area (Å²) in [6.07, 6.45) is 2.45. The first-order valence-electron chi connectivity index (χ1n) is 5.53. The molecule has 4 atom stereocenters. The van der Waals surface area contributed by atoms with Crippen LogP contribution in [0.25, 0.3) is 0 Å². The molecule has 1 saturated heterocycles. The molecule has 4 aliphatic rings. The van der Waals surface area contributed by atoms with Crippen LogP contribution < -0.4 is 10.6 Å². The molecule has 78 valence electrons. The van der Waals surface area contributed by atoms with Gasteiger partial charge in [0.25, 0.3) is 0 Å². The summed E-state index contributed by atoms with van der Waals surface area (Å²) in [4.78, 5) is 11.4. The van der Waals surface area contributed by atoms with E-state index < -0.39 is 0 Å². The van der Waals surface area contributed by atoms with Crippen LogP contribution >= 0.6 is 0 Å². The number of nitrogens with one attached hydrogen (secondary N) is 2. The molecule has 2 bridgehead atoms. The monoisotopic (exact) mass is 194 g/mol. The molecule has 14 heavy (non-hydrogen) atoms. The van der Waals surface area contributed by atoms with Crippen molar-refractivity contribution in [2.75, 3.05) is 0 Å². The summed E-state index contributed by atoms with van der Waals surface area (Å²) in [5, 5.41) is 6.17. The average molecular weight is 194 g/mol. The summed E-state index contributed by atoms with van der Waals surface area (Å²) in [5.74, 6) is 1.46. The van der Waals surface area contributed by atoms with Crippen molar-refractivity contribution in [1.29, 1.82) is 0 Å². The highest BCUT2D eigenvalue weighted by Gasteiger charge is 2.65. The Hall–Kier alpha value is -0.730. The van der Waals surface area contributed by atoms with Crippen LogP contribution in [0, 0.1) is 17.3 Å². The predicted molar refractivity (Wildman–Crippen MR) is 53.9 cm³/mol. The minimum absolute atomic E-state index is 0.00926. The van der Waals surface area contributed by atoms with Crippen molar-refractivity contribution in [3.05, 3.63) is 0 Å². The SMILES string of the molecule is CC1(C)C2CC3NC(=O)NC3(C)C1C2. The van der Waals surface area contributed by atoms with Crippen LogP contribution in [0.2, 0.25) is 0 Å². The van der Waals surface area contributed by atoms with E-state index in [1.54, 1.807) is 0 Å². The van der Waals surface area contributed by atoms with Gasteiger partial charge in [-0.3, -0.25) is 0 Å². The van der Waals surface area contributed by atoms with Gasteiger partial charge in [0.1, 0.15) is 0 Å². The lowest BCUT2D eigenvalue weighted by Crippen LogP contribution is -2.69. The van der Waals surface area contributed by atoms with Crippen molar-refractivity contribution < 1.29 is 4.79 Å². The van der Waals surface area contributed by atoms with Gasteiger partial charge in [0.15, 0.2) is 0 Å². The van der Waals surface area contributed by atoms with Crippen molar-refractivity contribution in [3.8, 4) is 0 Å². The summed E-state index contributed by atoms with van der Waals surface area (Å²) in [6, 6.07) is 0.396. The Morgan fingerprint density at radius 2 is 2.00 bits per heavy atom. The van der Waals surface area contributed by atoms with Gasteiger partial charge in [0.05, 0.1) is 11.6 Å². The second-order valence-electron chi connectivity index (χ2n) is 5.98. The maximum atomic E-state index is 11.4. The fourth-order valence-corrected chi connectivity index (χ4v) is 4.03. The molecule has 2 N–H and O–H groups in total. The molecule has 3 heteroatoms. The van der Waals surface area contributed by atoms with Gasteiger partial charge in [-0.25, -0.2) is 4.79 Å². The van der Waals surface area contributed by atoms with Gasteiger partial charge in [-0.1, -0.05) is 13.8 Å². The Morgan fingerprint density at radius 1 is 1.29 bits per heavy atom. The van der Waals surface area contributed by atoms with Gasteiger partial charge in [-0.05, 0) is 37.0 Å². The zero-order valence-electron chi connectivity index (χ0n) is 9.05. The lowest BCUT2D eigenvalue weighted by molar-refractivity contribution is -0.124. The van der Waals surface area contributed by atoms with Crippen molar-refractivity contribution in [2.45, 2.75) is 45.2 Å². The highest BCUT2D eigenvalue weighted by Crippen LogP contribution is 2.63. The van der Waals surface area contributed by atoms with Crippen LogP contribution in [0.3, 0.4) is 0 Å². The molecule has 4 unspecified atom stereocenters. The number of rotatable bonds is 0. The fraction of sp³-hybridized carbons (Fsp3) is 0.909. The minimum atomic E-state index is 0.00926. The minimum Gasteiger partial charge on any atom is -0.333 e. The Balaban J connectivity index is 1.98. The smallest absolute Gasteiger partial charge is 0.315 e. The summed E-state index contributed by atoms with van der Waals surface area (Å²) in [5.41, 5.74) is 0.430.